The van der Waals surface area contributed by atoms with Crippen molar-refractivity contribution in [3.05, 3.63) is 141 Å². The van der Waals surface area contributed by atoms with Crippen LogP contribution in [0, 0.1) is 35.4 Å². The lowest BCUT2D eigenvalue weighted by molar-refractivity contribution is -0.129. The molecule has 17 nitrogen and oxygen atoms in total. The van der Waals surface area contributed by atoms with Crippen LogP contribution in [0.4, 0.5) is 25.4 Å². The van der Waals surface area contributed by atoms with Gasteiger partial charge in [0.1, 0.15) is 36.2 Å². The lowest BCUT2D eigenvalue weighted by Crippen LogP contribution is -2.49. The number of rotatable bonds is 22. The van der Waals surface area contributed by atoms with Crippen LogP contribution in [0.2, 0.25) is 0 Å². The van der Waals surface area contributed by atoms with Crippen molar-refractivity contribution in [2.75, 3.05) is 36.4 Å². The molecular weight excluding hydrogens is 990 g/mol. The molecule has 3 amide bonds. The Labute approximate surface area is 448 Å². The molecular formula is C59H72FN5O12. The minimum Gasteiger partial charge on any atom is -0.477 e. The highest BCUT2D eigenvalue weighted by Crippen LogP contribution is 2.27. The van der Waals surface area contributed by atoms with E-state index in [2.05, 4.69) is 10.6 Å². The maximum Gasteiger partial charge on any atom is 0.410 e. The molecule has 1 aliphatic heterocycles. The van der Waals surface area contributed by atoms with Gasteiger partial charge in [-0.2, -0.15) is 0 Å². The highest BCUT2D eigenvalue weighted by Gasteiger charge is 2.29. The number of alkyl carbamates (subject to hydrolysis) is 1. The minimum atomic E-state index is -1.38. The number of ether oxygens (including phenoxy) is 2. The third-order valence-electron chi connectivity index (χ3n) is 13.8. The number of pyridine rings is 1. The summed E-state index contributed by atoms with van der Waals surface area (Å²) >= 11 is 0. The SMILES string of the molecule is CC(C)[C@@H](C)C(=O)C[C@@H](C)C(=O)Cc1ccc(CO)cc1.CCn1cc(C(=O)O)c(=O)c2cc(F)c(N3CCN(C(=O)OCc4ccc(NC(=O)[C@H](C)CC(=O)[C@H](NC(=O)OCc5ccccc5)C(C)C)cc4)CC3)cc21. The van der Waals surface area contributed by atoms with E-state index in [1.54, 1.807) is 61.4 Å². The number of carbonyl (C=O) groups is 7. The third kappa shape index (κ3) is 17.1. The number of carbonyl (C=O) groups excluding carboxylic acids is 6. The van der Waals surface area contributed by atoms with Crippen molar-refractivity contribution in [1.82, 2.24) is 14.8 Å². The van der Waals surface area contributed by atoms with E-state index in [0.29, 0.717) is 55.2 Å². The number of anilines is 2. The fourth-order valence-electron chi connectivity index (χ4n) is 8.52. The number of ketones is 3. The highest BCUT2D eigenvalue weighted by atomic mass is 19.1. The second-order valence-corrected chi connectivity index (χ2v) is 20.2. The maximum atomic E-state index is 15.3. The normalized spacial score (nSPS) is 13.9. The quantitative estimate of drug-likeness (QED) is 0.0508. The number of nitrogens with zero attached hydrogens (tertiary/aromatic N) is 3. The van der Waals surface area contributed by atoms with Crippen LogP contribution in [0.15, 0.2) is 102 Å². The first-order valence-electron chi connectivity index (χ1n) is 26.0. The topological polar surface area (TPSA) is 231 Å². The summed E-state index contributed by atoms with van der Waals surface area (Å²) in [5.74, 6) is -3.28. The molecule has 0 saturated carbocycles. The Morgan fingerprint density at radius 1 is 0.688 bits per heavy atom. The molecule has 1 fully saturated rings. The molecule has 4 N–H and O–H groups in total. The van der Waals surface area contributed by atoms with Gasteiger partial charge in [-0.1, -0.05) is 115 Å². The zero-order valence-corrected chi connectivity index (χ0v) is 45.2. The summed E-state index contributed by atoms with van der Waals surface area (Å²) in [4.78, 5) is 103. The van der Waals surface area contributed by atoms with Crippen molar-refractivity contribution >= 4 is 63.7 Å². The molecule has 0 unspecified atom stereocenters. The van der Waals surface area contributed by atoms with Gasteiger partial charge in [0.25, 0.3) is 0 Å². The van der Waals surface area contributed by atoms with Gasteiger partial charge >= 0.3 is 18.2 Å². The monoisotopic (exact) mass is 1060 g/mol. The highest BCUT2D eigenvalue weighted by molar-refractivity contribution is 5.97. The molecule has 1 saturated heterocycles. The number of halogens is 1. The number of piperazine rings is 1. The van der Waals surface area contributed by atoms with Crippen molar-refractivity contribution < 1.29 is 57.6 Å². The number of hydrogen-bond donors (Lipinski definition) is 4. The molecule has 1 aromatic heterocycles. The van der Waals surface area contributed by atoms with Gasteiger partial charge in [0.15, 0.2) is 5.78 Å². The molecule has 4 aromatic carbocycles. The number of carboxylic acids is 1. The zero-order valence-electron chi connectivity index (χ0n) is 45.2. The van der Waals surface area contributed by atoms with Gasteiger partial charge in [0.2, 0.25) is 11.3 Å². The summed E-state index contributed by atoms with van der Waals surface area (Å²) in [6, 6.07) is 25.0. The first kappa shape index (κ1) is 60.1. The lowest BCUT2D eigenvalue weighted by atomic mass is 9.86. The van der Waals surface area contributed by atoms with Crippen LogP contribution in [0.25, 0.3) is 10.9 Å². The molecule has 0 aliphatic carbocycles. The van der Waals surface area contributed by atoms with Gasteiger partial charge in [0, 0.05) is 87.0 Å². The van der Waals surface area contributed by atoms with Crippen molar-refractivity contribution in [2.24, 2.45) is 29.6 Å². The molecule has 2 heterocycles. The van der Waals surface area contributed by atoms with Crippen molar-refractivity contribution in [2.45, 2.75) is 107 Å². The van der Waals surface area contributed by atoms with E-state index in [4.69, 9.17) is 14.6 Å². The van der Waals surface area contributed by atoms with E-state index >= 15 is 4.39 Å². The molecule has 1 aliphatic rings. The van der Waals surface area contributed by atoms with E-state index in [1.165, 1.54) is 17.2 Å². The Bertz CT molecular complexity index is 2920. The van der Waals surface area contributed by atoms with Crippen LogP contribution in [-0.4, -0.2) is 93.3 Å². The summed E-state index contributed by atoms with van der Waals surface area (Å²) in [6.07, 6.45) is 0.579. The number of benzene rings is 4. The second kappa shape index (κ2) is 28.4. The maximum absolute atomic E-state index is 15.3. The van der Waals surface area contributed by atoms with E-state index in [0.717, 1.165) is 22.8 Å². The van der Waals surface area contributed by atoms with E-state index < -0.39 is 46.9 Å². The fourth-order valence-corrected chi connectivity index (χ4v) is 8.52. The van der Waals surface area contributed by atoms with E-state index in [-0.39, 0.29) is 91.4 Å². The molecule has 5 aromatic rings. The standard InChI is InChI=1S/C41H46FN5O9.C18H26O3/c1-5-45-22-31(39(51)52)37(49)30-20-32(42)34(21-33(30)45)46-15-17-47(18-16-46)41(54)56-24-28-11-13-29(14-12-28)43-38(50)26(4)19-35(48)36(25(2)3)44-40(53)55-23-27-9-7-6-8-10-27;1-12(2)14(4)18(21)9-13(3)17(20)10-15-5-7-16(11-19)8-6-15/h6-14,20-22,25-26,36H,5,15-19,23-24H2,1-4H3,(H,43,50)(H,44,53)(H,51,52);5-8,12-14,19H,9-11H2,1-4H3/t26-,36-;13-,14-/m11/s1. The van der Waals surface area contributed by atoms with Crippen LogP contribution in [-0.2, 0) is 61.4 Å². The number of aryl methyl sites for hydroxylation is 1. The Morgan fingerprint density at radius 2 is 1.27 bits per heavy atom. The Balaban J connectivity index is 0.000000436. The zero-order chi connectivity index (χ0) is 56.5. The van der Waals surface area contributed by atoms with Gasteiger partial charge in [-0.3, -0.25) is 24.0 Å². The Hall–Kier alpha value is -7.73. The summed E-state index contributed by atoms with van der Waals surface area (Å²) in [5, 5.41) is 23.8. The number of hydrogen-bond acceptors (Lipinski definition) is 12. The largest absolute Gasteiger partial charge is 0.477 e. The lowest BCUT2D eigenvalue weighted by Gasteiger charge is -2.35. The number of amides is 3. The molecule has 4 atom stereocenters. The smallest absolute Gasteiger partial charge is 0.410 e. The predicted octanol–water partition coefficient (Wildman–Crippen LogP) is 8.98. The average Bonchev–Trinajstić information content (AvgIpc) is 3.44. The number of fused-ring (bicyclic) bond motifs is 1. The number of aromatic nitrogens is 1. The molecule has 77 heavy (non-hydrogen) atoms. The molecule has 0 spiro atoms. The number of aromatic carboxylic acids is 1. The second-order valence-electron chi connectivity index (χ2n) is 20.2. The van der Waals surface area contributed by atoms with Crippen LogP contribution in [0.1, 0.15) is 101 Å². The van der Waals surface area contributed by atoms with Gasteiger partial charge in [-0.25, -0.2) is 18.8 Å². The number of aliphatic hydroxyl groups is 1. The molecule has 0 bridgehead atoms. The molecule has 18 heteroatoms. The summed E-state index contributed by atoms with van der Waals surface area (Å²) in [7, 11) is 0. The first-order chi connectivity index (χ1) is 36.6. The third-order valence-corrected chi connectivity index (χ3v) is 13.8. The van der Waals surface area contributed by atoms with Crippen molar-refractivity contribution in [3.8, 4) is 0 Å². The van der Waals surface area contributed by atoms with Crippen LogP contribution in [0.5, 0.6) is 0 Å². The molecule has 0 radical (unpaired) electrons. The van der Waals surface area contributed by atoms with Crippen molar-refractivity contribution in [3.63, 3.8) is 0 Å². The van der Waals surface area contributed by atoms with Crippen LogP contribution >= 0.6 is 0 Å². The van der Waals surface area contributed by atoms with Crippen molar-refractivity contribution in [1.29, 1.82) is 0 Å². The number of carboxylic acid groups (broad SMARTS) is 1. The van der Waals surface area contributed by atoms with E-state index in [1.807, 2.05) is 82.3 Å². The average molecular weight is 1060 g/mol. The van der Waals surface area contributed by atoms with Gasteiger partial charge in [0.05, 0.1) is 23.9 Å². The number of nitrogens with one attached hydrogen (secondary N) is 2. The van der Waals surface area contributed by atoms with Crippen LogP contribution in [0.3, 0.4) is 0 Å². The van der Waals surface area contributed by atoms with Crippen LogP contribution < -0.4 is 21.0 Å². The van der Waals surface area contributed by atoms with Gasteiger partial charge < -0.3 is 44.7 Å². The Morgan fingerprint density at radius 3 is 1.86 bits per heavy atom. The number of aliphatic hydroxyl groups excluding tert-OH is 1. The minimum absolute atomic E-state index is 0.00378. The fraction of sp³-hybridized carbons (Fsp3) is 0.424. The predicted molar refractivity (Wildman–Crippen MR) is 291 cm³/mol. The van der Waals surface area contributed by atoms with E-state index in [9.17, 15) is 43.5 Å². The summed E-state index contributed by atoms with van der Waals surface area (Å²) < 4.78 is 27.6. The molecule has 6 rings (SSSR count). The van der Waals surface area contributed by atoms with Gasteiger partial charge in [-0.15, -0.1) is 0 Å². The molecule has 412 valence electrons. The summed E-state index contributed by atoms with van der Waals surface area (Å²) in [6.45, 7) is 16.4. The van der Waals surface area contributed by atoms with Gasteiger partial charge in [-0.05, 0) is 65.3 Å². The first-order valence-corrected chi connectivity index (χ1v) is 26.0. The number of Topliss-reactive ketones (excluding diaryl/α,β-unsaturated/α-hetero) is 3. The Kier molecular flexibility index (Phi) is 22.2. The summed E-state index contributed by atoms with van der Waals surface area (Å²) in [5.41, 5.74) is 3.22.